The number of aromatic nitrogens is 2. The molecule has 0 aromatic carbocycles. The average molecular weight is 239 g/mol. The van der Waals surface area contributed by atoms with Crippen LogP contribution in [-0.4, -0.2) is 33.7 Å². The summed E-state index contributed by atoms with van der Waals surface area (Å²) in [7, 11) is 0. The Labute approximate surface area is 94.9 Å². The molecule has 0 aliphatic rings. The van der Waals surface area contributed by atoms with Gasteiger partial charge in [-0.15, -0.1) is 0 Å². The first-order valence-corrected chi connectivity index (χ1v) is 4.42. The largest absolute Gasteiger partial charge is 0.478 e. The molecule has 1 aromatic rings. The Morgan fingerprint density at radius 1 is 1.65 bits per heavy atom. The number of amides is 1. The molecule has 0 radical (unpaired) electrons. The van der Waals surface area contributed by atoms with Crippen LogP contribution in [0.2, 0.25) is 0 Å². The van der Waals surface area contributed by atoms with Crippen molar-refractivity contribution in [1.82, 2.24) is 9.97 Å². The van der Waals surface area contributed by atoms with Crippen LogP contribution < -0.4 is 11.0 Å². The van der Waals surface area contributed by atoms with Gasteiger partial charge >= 0.3 is 17.8 Å². The molecule has 0 aliphatic carbocycles. The minimum absolute atomic E-state index is 0.0381. The number of rotatable bonds is 4. The van der Waals surface area contributed by atoms with Gasteiger partial charge in [0.15, 0.2) is 0 Å². The number of nitrogens with one attached hydrogen (secondary N) is 2. The van der Waals surface area contributed by atoms with Crippen molar-refractivity contribution in [2.24, 2.45) is 0 Å². The maximum Gasteiger partial charge on any atom is 0.413 e. The fraction of sp³-hybridized carbons (Fsp3) is 0.111. The van der Waals surface area contributed by atoms with Crippen LogP contribution in [0, 0.1) is 0 Å². The van der Waals surface area contributed by atoms with Gasteiger partial charge in [0.1, 0.15) is 18.0 Å². The number of ether oxygens (including phenoxy) is 1. The number of nitrogens with zero attached hydrogens (tertiary/aromatic N) is 1. The summed E-state index contributed by atoms with van der Waals surface area (Å²) in [6.07, 6.45) is 1.27. The van der Waals surface area contributed by atoms with Gasteiger partial charge in [0.2, 0.25) is 0 Å². The van der Waals surface area contributed by atoms with Crippen molar-refractivity contribution in [2.45, 2.75) is 0 Å². The van der Waals surface area contributed by atoms with Crippen LogP contribution >= 0.6 is 0 Å². The summed E-state index contributed by atoms with van der Waals surface area (Å²) in [6.45, 7) is 3.29. The molecule has 0 bridgehead atoms. The van der Waals surface area contributed by atoms with Crippen molar-refractivity contribution < 1.29 is 19.4 Å². The molecule has 0 atom stereocenters. The Kier molecular flexibility index (Phi) is 3.98. The quantitative estimate of drug-likeness (QED) is 0.645. The lowest BCUT2D eigenvalue weighted by atomic mass is 10.3. The van der Waals surface area contributed by atoms with Gasteiger partial charge in [-0.3, -0.25) is 10.3 Å². The van der Waals surface area contributed by atoms with E-state index in [2.05, 4.69) is 26.6 Å². The normalized spacial score (nSPS) is 9.41. The summed E-state index contributed by atoms with van der Waals surface area (Å²) < 4.78 is 4.57. The van der Waals surface area contributed by atoms with Crippen molar-refractivity contribution in [3.05, 3.63) is 34.9 Å². The number of aromatic carboxylic acids is 1. The van der Waals surface area contributed by atoms with Gasteiger partial charge in [0, 0.05) is 0 Å². The predicted octanol–water partition coefficient (Wildman–Crippen LogP) is 0.203. The number of carbonyl (C=O) groups excluding carboxylic acids is 1. The van der Waals surface area contributed by atoms with E-state index in [-0.39, 0.29) is 18.0 Å². The van der Waals surface area contributed by atoms with Crippen LogP contribution in [0.3, 0.4) is 0 Å². The van der Waals surface area contributed by atoms with E-state index in [0.29, 0.717) is 0 Å². The lowest BCUT2D eigenvalue weighted by Crippen LogP contribution is -2.22. The van der Waals surface area contributed by atoms with Crippen LogP contribution in [0.1, 0.15) is 10.4 Å². The lowest BCUT2D eigenvalue weighted by Gasteiger charge is -2.06. The molecule has 0 saturated carbocycles. The van der Waals surface area contributed by atoms with Gasteiger partial charge in [-0.05, 0) is 0 Å². The molecule has 17 heavy (non-hydrogen) atoms. The van der Waals surface area contributed by atoms with Crippen LogP contribution in [0.5, 0.6) is 0 Å². The van der Waals surface area contributed by atoms with Crippen LogP contribution in [0.15, 0.2) is 23.6 Å². The second-order valence-electron chi connectivity index (χ2n) is 2.79. The summed E-state index contributed by atoms with van der Waals surface area (Å²) in [6, 6.07) is 0. The van der Waals surface area contributed by atoms with Gasteiger partial charge in [-0.25, -0.2) is 19.4 Å². The Balaban J connectivity index is 2.92. The molecule has 0 unspecified atom stereocenters. The molecule has 0 fully saturated rings. The minimum Gasteiger partial charge on any atom is -0.478 e. The summed E-state index contributed by atoms with van der Waals surface area (Å²) in [4.78, 5) is 38.1. The van der Waals surface area contributed by atoms with Gasteiger partial charge < -0.3 is 9.84 Å². The second kappa shape index (κ2) is 5.45. The molecular formula is C9H9N3O5. The first-order valence-electron chi connectivity index (χ1n) is 4.42. The Bertz CT molecular complexity index is 508. The number of anilines is 1. The van der Waals surface area contributed by atoms with E-state index in [9.17, 15) is 14.4 Å². The molecule has 8 nitrogen and oxygen atoms in total. The van der Waals surface area contributed by atoms with Gasteiger partial charge in [-0.2, -0.15) is 0 Å². The van der Waals surface area contributed by atoms with Crippen LogP contribution in [0.4, 0.5) is 10.6 Å². The molecule has 1 heterocycles. The first kappa shape index (κ1) is 12.4. The minimum atomic E-state index is -1.34. The summed E-state index contributed by atoms with van der Waals surface area (Å²) in [5.41, 5.74) is -1.13. The third kappa shape index (κ3) is 3.45. The molecule has 0 spiro atoms. The fourth-order valence-electron chi connectivity index (χ4n) is 0.928. The highest BCUT2D eigenvalue weighted by Crippen LogP contribution is 2.08. The van der Waals surface area contributed by atoms with Crippen LogP contribution in [0.25, 0.3) is 0 Å². The van der Waals surface area contributed by atoms with Gasteiger partial charge in [0.25, 0.3) is 0 Å². The number of H-pyrrole nitrogens is 1. The Morgan fingerprint density at radius 2 is 2.35 bits per heavy atom. The lowest BCUT2D eigenvalue weighted by molar-refractivity contribution is 0.0697. The monoisotopic (exact) mass is 239 g/mol. The van der Waals surface area contributed by atoms with Crippen molar-refractivity contribution in [2.75, 3.05) is 11.9 Å². The molecule has 0 aliphatic heterocycles. The van der Waals surface area contributed by atoms with E-state index in [0.717, 1.165) is 6.20 Å². The van der Waals surface area contributed by atoms with Crippen molar-refractivity contribution in [3.8, 4) is 0 Å². The summed E-state index contributed by atoms with van der Waals surface area (Å²) in [5, 5.41) is 10.9. The summed E-state index contributed by atoms with van der Waals surface area (Å²) >= 11 is 0. The van der Waals surface area contributed by atoms with E-state index >= 15 is 0 Å². The van der Waals surface area contributed by atoms with E-state index in [1.54, 1.807) is 0 Å². The number of aromatic amines is 1. The maximum atomic E-state index is 11.1. The van der Waals surface area contributed by atoms with Crippen molar-refractivity contribution in [3.63, 3.8) is 0 Å². The van der Waals surface area contributed by atoms with E-state index in [1.807, 2.05) is 0 Å². The number of carbonyl (C=O) groups is 2. The van der Waals surface area contributed by atoms with Gasteiger partial charge in [0.05, 0.1) is 6.20 Å². The topological polar surface area (TPSA) is 121 Å². The molecule has 1 amide bonds. The summed E-state index contributed by atoms with van der Waals surface area (Å²) in [5.74, 6) is -1.63. The van der Waals surface area contributed by atoms with Crippen molar-refractivity contribution in [1.29, 1.82) is 0 Å². The number of hydrogen-bond donors (Lipinski definition) is 3. The number of carboxylic acid groups (broad SMARTS) is 1. The zero-order valence-corrected chi connectivity index (χ0v) is 8.60. The van der Waals surface area contributed by atoms with E-state index in [4.69, 9.17) is 5.11 Å². The molecule has 0 saturated heterocycles. The Morgan fingerprint density at radius 3 is 2.94 bits per heavy atom. The zero-order valence-electron chi connectivity index (χ0n) is 8.60. The molecule has 3 N–H and O–H groups in total. The average Bonchev–Trinajstić information content (AvgIpc) is 2.26. The van der Waals surface area contributed by atoms with E-state index in [1.165, 1.54) is 6.08 Å². The highest BCUT2D eigenvalue weighted by atomic mass is 16.5. The smallest absolute Gasteiger partial charge is 0.413 e. The molecule has 1 aromatic heterocycles. The van der Waals surface area contributed by atoms with E-state index < -0.39 is 17.8 Å². The SMILES string of the molecule is C=CCOC(=O)Nc1[nH]c(=O)ncc1C(=O)O. The molecular weight excluding hydrogens is 230 g/mol. The van der Waals surface area contributed by atoms with Crippen LogP contribution in [-0.2, 0) is 4.74 Å². The number of hydrogen-bond acceptors (Lipinski definition) is 5. The Hall–Kier alpha value is -2.64. The maximum absolute atomic E-state index is 11.1. The number of carboxylic acids is 1. The zero-order chi connectivity index (χ0) is 12.8. The predicted molar refractivity (Wildman–Crippen MR) is 57.0 cm³/mol. The first-order chi connectivity index (χ1) is 8.04. The highest BCUT2D eigenvalue weighted by molar-refractivity contribution is 5.96. The standard InChI is InChI=1S/C9H9N3O5/c1-2-3-17-9(16)12-6-5(7(13)14)4-10-8(15)11-6/h2,4H,1,3H2,(H,13,14)(H2,10,11,12,15,16). The molecule has 90 valence electrons. The second-order valence-corrected chi connectivity index (χ2v) is 2.79. The van der Waals surface area contributed by atoms with Crippen molar-refractivity contribution >= 4 is 17.9 Å². The third-order valence-electron chi connectivity index (χ3n) is 1.60. The van der Waals surface area contributed by atoms with Gasteiger partial charge in [-0.1, -0.05) is 12.7 Å². The highest BCUT2D eigenvalue weighted by Gasteiger charge is 2.14. The molecule has 8 heteroatoms. The fourth-order valence-corrected chi connectivity index (χ4v) is 0.928. The molecule has 1 rings (SSSR count). The third-order valence-corrected chi connectivity index (χ3v) is 1.60.